The monoisotopic (exact) mass is 385 g/mol. The van der Waals surface area contributed by atoms with Crippen molar-refractivity contribution in [3.63, 3.8) is 0 Å². The van der Waals surface area contributed by atoms with Gasteiger partial charge in [-0.05, 0) is 38.1 Å². The van der Waals surface area contributed by atoms with Crippen molar-refractivity contribution < 1.29 is 14.0 Å². The summed E-state index contributed by atoms with van der Waals surface area (Å²) < 4.78 is 7.32. The smallest absolute Gasteiger partial charge is 0.250 e. The van der Waals surface area contributed by atoms with Crippen LogP contribution < -0.4 is 11.1 Å². The third-order valence-electron chi connectivity index (χ3n) is 3.72. The number of hydrogen-bond donors (Lipinski definition) is 2. The molecule has 0 saturated heterocycles. The van der Waals surface area contributed by atoms with Crippen LogP contribution >= 0.6 is 11.8 Å². The quantitative estimate of drug-likeness (QED) is 0.604. The Balaban J connectivity index is 1.72. The molecule has 2 aromatic heterocycles. The maximum atomic E-state index is 12.3. The van der Waals surface area contributed by atoms with Gasteiger partial charge in [0.05, 0.1) is 23.3 Å². The van der Waals surface area contributed by atoms with Crippen molar-refractivity contribution in [1.82, 2.24) is 14.8 Å². The fourth-order valence-electron chi connectivity index (χ4n) is 2.54. The Labute approximate surface area is 160 Å². The number of primary amides is 1. The Morgan fingerprint density at radius 1 is 1.22 bits per heavy atom. The normalized spacial score (nSPS) is 10.9. The van der Waals surface area contributed by atoms with Crippen LogP contribution in [0.5, 0.6) is 0 Å². The summed E-state index contributed by atoms with van der Waals surface area (Å²) in [7, 11) is 0. The van der Waals surface area contributed by atoms with Crippen LogP contribution in [0.4, 0.5) is 5.69 Å². The number of anilines is 1. The van der Waals surface area contributed by atoms with Gasteiger partial charge in [0.2, 0.25) is 11.7 Å². The van der Waals surface area contributed by atoms with Crippen LogP contribution in [0.25, 0.3) is 11.6 Å². The molecule has 0 aliphatic carbocycles. The highest BCUT2D eigenvalue weighted by atomic mass is 32.2. The van der Waals surface area contributed by atoms with Gasteiger partial charge in [0, 0.05) is 6.04 Å². The van der Waals surface area contributed by atoms with E-state index in [9.17, 15) is 9.59 Å². The molecular formula is C18H19N5O3S. The van der Waals surface area contributed by atoms with Crippen molar-refractivity contribution in [3.05, 3.63) is 48.2 Å². The molecule has 0 radical (unpaired) electrons. The van der Waals surface area contributed by atoms with Gasteiger partial charge in [-0.25, -0.2) is 0 Å². The number of furan rings is 1. The summed E-state index contributed by atoms with van der Waals surface area (Å²) in [6.45, 7) is 4.01. The average Bonchev–Trinajstić information content (AvgIpc) is 3.29. The summed E-state index contributed by atoms with van der Waals surface area (Å²) in [6.07, 6.45) is 1.57. The number of carbonyl (C=O) groups excluding carboxylic acids is 2. The van der Waals surface area contributed by atoms with Gasteiger partial charge in [-0.15, -0.1) is 10.2 Å². The fraction of sp³-hybridized carbons (Fsp3) is 0.222. The van der Waals surface area contributed by atoms with E-state index >= 15 is 0 Å². The second-order valence-electron chi connectivity index (χ2n) is 5.99. The van der Waals surface area contributed by atoms with Crippen molar-refractivity contribution in [2.45, 2.75) is 25.0 Å². The lowest BCUT2D eigenvalue weighted by molar-refractivity contribution is -0.113. The lowest BCUT2D eigenvalue weighted by atomic mass is 10.1. The van der Waals surface area contributed by atoms with Crippen molar-refractivity contribution in [2.75, 3.05) is 11.1 Å². The van der Waals surface area contributed by atoms with E-state index in [2.05, 4.69) is 15.5 Å². The molecular weight excluding hydrogens is 366 g/mol. The molecule has 3 N–H and O–H groups in total. The van der Waals surface area contributed by atoms with Crippen molar-refractivity contribution in [1.29, 1.82) is 0 Å². The number of para-hydroxylation sites is 1. The number of nitrogens with two attached hydrogens (primary N) is 1. The van der Waals surface area contributed by atoms with Crippen LogP contribution in [-0.4, -0.2) is 32.3 Å². The molecule has 140 valence electrons. The number of nitrogens with one attached hydrogen (secondary N) is 1. The molecule has 0 fully saturated rings. The van der Waals surface area contributed by atoms with E-state index in [1.807, 2.05) is 24.5 Å². The molecule has 3 aromatic rings. The number of aromatic nitrogens is 3. The predicted octanol–water partition coefficient (Wildman–Crippen LogP) is 2.95. The van der Waals surface area contributed by atoms with Crippen LogP contribution in [0.3, 0.4) is 0 Å². The molecule has 2 heterocycles. The van der Waals surface area contributed by atoms with Gasteiger partial charge >= 0.3 is 0 Å². The van der Waals surface area contributed by atoms with Crippen LogP contribution in [0.15, 0.2) is 52.2 Å². The largest absolute Gasteiger partial charge is 0.461 e. The molecule has 0 spiro atoms. The van der Waals surface area contributed by atoms with E-state index in [4.69, 9.17) is 10.2 Å². The molecule has 0 bridgehead atoms. The number of nitrogens with zero attached hydrogens (tertiary/aromatic N) is 3. The summed E-state index contributed by atoms with van der Waals surface area (Å²) in [5, 5.41) is 11.7. The number of carbonyl (C=O) groups is 2. The van der Waals surface area contributed by atoms with E-state index in [-0.39, 0.29) is 23.3 Å². The molecule has 0 aliphatic rings. The molecule has 0 aliphatic heterocycles. The molecule has 0 atom stereocenters. The SMILES string of the molecule is CC(C)n1c(SCC(=O)Nc2ccccc2C(N)=O)nnc1-c1ccco1. The Kier molecular flexibility index (Phi) is 5.60. The minimum absolute atomic E-state index is 0.0845. The number of rotatable bonds is 7. The second-order valence-corrected chi connectivity index (χ2v) is 6.94. The Morgan fingerprint density at radius 2 is 2.00 bits per heavy atom. The first kappa shape index (κ1) is 18.7. The van der Waals surface area contributed by atoms with Gasteiger partial charge in [0.25, 0.3) is 5.91 Å². The predicted molar refractivity (Wildman–Crippen MR) is 102 cm³/mol. The Morgan fingerprint density at radius 3 is 2.67 bits per heavy atom. The third kappa shape index (κ3) is 4.20. The van der Waals surface area contributed by atoms with E-state index in [1.165, 1.54) is 11.8 Å². The fourth-order valence-corrected chi connectivity index (χ4v) is 3.41. The van der Waals surface area contributed by atoms with Gasteiger partial charge in [-0.1, -0.05) is 23.9 Å². The molecule has 3 rings (SSSR count). The zero-order valence-electron chi connectivity index (χ0n) is 14.9. The summed E-state index contributed by atoms with van der Waals surface area (Å²) in [6, 6.07) is 10.3. The van der Waals surface area contributed by atoms with Gasteiger partial charge < -0.3 is 15.5 Å². The van der Waals surface area contributed by atoms with E-state index in [1.54, 1.807) is 36.6 Å². The lowest BCUT2D eigenvalue weighted by Gasteiger charge is -2.13. The number of benzene rings is 1. The van der Waals surface area contributed by atoms with Crippen molar-refractivity contribution in [2.24, 2.45) is 5.73 Å². The maximum Gasteiger partial charge on any atom is 0.250 e. The molecule has 27 heavy (non-hydrogen) atoms. The number of thioether (sulfide) groups is 1. The number of hydrogen-bond acceptors (Lipinski definition) is 6. The zero-order valence-corrected chi connectivity index (χ0v) is 15.7. The maximum absolute atomic E-state index is 12.3. The standard InChI is InChI=1S/C18H19N5O3S/c1-11(2)23-17(14-8-5-9-26-14)21-22-18(23)27-10-15(24)20-13-7-4-3-6-12(13)16(19)25/h3-9,11H,10H2,1-2H3,(H2,19,25)(H,20,24). The third-order valence-corrected chi connectivity index (χ3v) is 4.66. The molecule has 0 unspecified atom stereocenters. The first-order valence-electron chi connectivity index (χ1n) is 8.27. The lowest BCUT2D eigenvalue weighted by Crippen LogP contribution is -2.19. The first-order valence-corrected chi connectivity index (χ1v) is 9.26. The Hall–Kier alpha value is -3.07. The highest BCUT2D eigenvalue weighted by molar-refractivity contribution is 7.99. The highest BCUT2D eigenvalue weighted by Gasteiger charge is 2.19. The molecule has 2 amide bonds. The zero-order chi connectivity index (χ0) is 19.4. The summed E-state index contributed by atoms with van der Waals surface area (Å²) in [5.41, 5.74) is 5.98. The first-order chi connectivity index (χ1) is 13.0. The highest BCUT2D eigenvalue weighted by Crippen LogP contribution is 2.28. The molecule has 9 heteroatoms. The van der Waals surface area contributed by atoms with Crippen LogP contribution in [-0.2, 0) is 4.79 Å². The van der Waals surface area contributed by atoms with Crippen LogP contribution in [0.2, 0.25) is 0 Å². The molecule has 8 nitrogen and oxygen atoms in total. The average molecular weight is 385 g/mol. The van der Waals surface area contributed by atoms with Gasteiger partial charge in [-0.3, -0.25) is 14.2 Å². The minimum Gasteiger partial charge on any atom is -0.461 e. The summed E-state index contributed by atoms with van der Waals surface area (Å²) >= 11 is 1.25. The van der Waals surface area contributed by atoms with Crippen LogP contribution in [0, 0.1) is 0 Å². The van der Waals surface area contributed by atoms with E-state index in [0.717, 1.165) is 0 Å². The Bertz CT molecular complexity index is 950. The topological polar surface area (TPSA) is 116 Å². The van der Waals surface area contributed by atoms with Crippen molar-refractivity contribution >= 4 is 29.3 Å². The van der Waals surface area contributed by atoms with Gasteiger partial charge in [0.1, 0.15) is 0 Å². The summed E-state index contributed by atoms with van der Waals surface area (Å²) in [5.74, 6) is 0.462. The van der Waals surface area contributed by atoms with Crippen molar-refractivity contribution in [3.8, 4) is 11.6 Å². The molecule has 1 aromatic carbocycles. The second kappa shape index (κ2) is 8.09. The van der Waals surface area contributed by atoms with Gasteiger partial charge in [-0.2, -0.15) is 0 Å². The van der Waals surface area contributed by atoms with E-state index in [0.29, 0.717) is 22.4 Å². The van der Waals surface area contributed by atoms with E-state index < -0.39 is 5.91 Å². The summed E-state index contributed by atoms with van der Waals surface area (Å²) in [4.78, 5) is 23.8. The number of amides is 2. The molecule has 0 saturated carbocycles. The minimum atomic E-state index is -0.596. The van der Waals surface area contributed by atoms with Gasteiger partial charge in [0.15, 0.2) is 10.9 Å². The van der Waals surface area contributed by atoms with Crippen LogP contribution in [0.1, 0.15) is 30.2 Å².